The molecule has 5 rings (SSSR count). The minimum Gasteiger partial charge on any atom is -0.293 e. The Kier molecular flexibility index (Phi) is 7.05. The molecule has 1 fully saturated rings. The van der Waals surface area contributed by atoms with Crippen LogP contribution in [0.1, 0.15) is 37.6 Å². The van der Waals surface area contributed by atoms with Gasteiger partial charge in [0.2, 0.25) is 10.0 Å². The quantitative estimate of drug-likeness (QED) is 0.334. The molecule has 0 saturated carbocycles. The molecule has 0 amide bonds. The van der Waals surface area contributed by atoms with Crippen LogP contribution in [0.5, 0.6) is 0 Å². The Morgan fingerprint density at radius 2 is 1.79 bits per heavy atom. The van der Waals surface area contributed by atoms with Gasteiger partial charge in [-0.25, -0.2) is 22.2 Å². The summed E-state index contributed by atoms with van der Waals surface area (Å²) in [5.41, 5.74) is 3.52. The number of rotatable bonds is 7. The molecule has 0 radical (unpaired) electrons. The Morgan fingerprint density at radius 3 is 2.45 bits per heavy atom. The Hall–Kier alpha value is -3.22. The second-order valence-corrected chi connectivity index (χ2v) is 11.9. The molecular weight excluding hydrogens is 517 g/mol. The van der Waals surface area contributed by atoms with Crippen LogP contribution < -0.4 is 0 Å². The Balaban J connectivity index is 1.51. The molecule has 0 unspecified atom stereocenters. The van der Waals surface area contributed by atoms with Crippen molar-refractivity contribution < 1.29 is 21.6 Å². The Bertz CT molecular complexity index is 1550. The van der Waals surface area contributed by atoms with Crippen LogP contribution in [0.3, 0.4) is 0 Å². The van der Waals surface area contributed by atoms with Gasteiger partial charge in [0.15, 0.2) is 0 Å². The molecule has 1 atom stereocenters. The molecule has 1 aliphatic heterocycles. The van der Waals surface area contributed by atoms with Crippen molar-refractivity contribution in [3.05, 3.63) is 71.9 Å². The summed E-state index contributed by atoms with van der Waals surface area (Å²) in [6.45, 7) is 4.97. The van der Waals surface area contributed by atoms with Crippen LogP contribution in [-0.4, -0.2) is 63.4 Å². The van der Waals surface area contributed by atoms with Crippen molar-refractivity contribution in [2.45, 2.75) is 38.3 Å². The number of hydrogen-bond acceptors (Lipinski definition) is 5. The molecule has 4 aromatic rings. The van der Waals surface area contributed by atoms with E-state index in [-0.39, 0.29) is 29.8 Å². The van der Waals surface area contributed by atoms with Gasteiger partial charge in [-0.2, -0.15) is 23.3 Å². The number of fused-ring (bicyclic) bond motifs is 1. The molecule has 0 spiro atoms. The van der Waals surface area contributed by atoms with Gasteiger partial charge in [-0.3, -0.25) is 4.90 Å². The van der Waals surface area contributed by atoms with Gasteiger partial charge in [-0.1, -0.05) is 13.8 Å². The van der Waals surface area contributed by atoms with Gasteiger partial charge in [0.25, 0.3) is 0 Å². The molecule has 2 aromatic carbocycles. The molecule has 38 heavy (non-hydrogen) atoms. The lowest BCUT2D eigenvalue weighted by molar-refractivity contribution is 0.0563. The average Bonchev–Trinajstić information content (AvgIpc) is 3.52. The molecule has 8 nitrogen and oxygen atoms in total. The minimum absolute atomic E-state index is 0.174. The molecule has 2 aromatic heterocycles. The van der Waals surface area contributed by atoms with Gasteiger partial charge in [-0.05, 0) is 60.4 Å². The summed E-state index contributed by atoms with van der Waals surface area (Å²) in [6.07, 6.45) is 3.58. The normalized spacial score (nSPS) is 17.7. The molecule has 3 heterocycles. The first-order chi connectivity index (χ1) is 18.0. The maximum absolute atomic E-state index is 13.4. The second kappa shape index (κ2) is 10.2. The molecule has 202 valence electrons. The van der Waals surface area contributed by atoms with Crippen molar-refractivity contribution in [1.29, 1.82) is 0 Å². The third-order valence-corrected chi connectivity index (χ3v) is 8.67. The maximum Gasteiger partial charge on any atom is 0.333 e. The third kappa shape index (κ3) is 4.95. The summed E-state index contributed by atoms with van der Waals surface area (Å²) in [5.74, 6) is 0.0301. The lowest BCUT2D eigenvalue weighted by Crippen LogP contribution is -2.51. The highest BCUT2D eigenvalue weighted by molar-refractivity contribution is 7.89. The number of halogens is 3. The van der Waals surface area contributed by atoms with E-state index in [1.807, 2.05) is 19.1 Å². The molecule has 12 heteroatoms. The predicted molar refractivity (Wildman–Crippen MR) is 137 cm³/mol. The van der Waals surface area contributed by atoms with Gasteiger partial charge in [-0.15, -0.1) is 0 Å². The highest BCUT2D eigenvalue weighted by atomic mass is 32.2. The first kappa shape index (κ1) is 26.4. The standard InChI is InChI=1S/C26H29F3N6O2S/c1-17(2)14-32-8-9-33(38(36,37)22-13-30-34(15-22)26(28)29)16-25(32)23-11-19-12-31-35(24(19)10-18(23)3)21-6-4-20(27)5-7-21/h4-7,10-13,15,17,25-26H,8-9,14,16H2,1-3H3/t25-/m1/s1. The highest BCUT2D eigenvalue weighted by Gasteiger charge is 2.36. The summed E-state index contributed by atoms with van der Waals surface area (Å²) >= 11 is 0. The van der Waals surface area contributed by atoms with Crippen molar-refractivity contribution in [2.24, 2.45) is 5.92 Å². The first-order valence-corrected chi connectivity index (χ1v) is 13.8. The van der Waals surface area contributed by atoms with Crippen molar-refractivity contribution >= 4 is 20.9 Å². The predicted octanol–water partition coefficient (Wildman–Crippen LogP) is 4.77. The SMILES string of the molecule is Cc1cc2c(cnn2-c2ccc(F)cc2)cc1[C@H]1CN(S(=O)(=O)c2cnn(C(F)F)c2)CCN1CC(C)C. The average molecular weight is 547 g/mol. The number of hydrogen-bond donors (Lipinski definition) is 0. The number of aromatic nitrogens is 4. The molecule has 1 saturated heterocycles. The van der Waals surface area contributed by atoms with E-state index in [1.165, 1.54) is 16.4 Å². The molecule has 1 aliphatic rings. The lowest BCUT2D eigenvalue weighted by atomic mass is 9.96. The largest absolute Gasteiger partial charge is 0.333 e. The van der Waals surface area contributed by atoms with Gasteiger partial charge in [0.1, 0.15) is 10.7 Å². The van der Waals surface area contributed by atoms with Crippen molar-refractivity contribution in [2.75, 3.05) is 26.2 Å². The zero-order valence-corrected chi connectivity index (χ0v) is 22.1. The van der Waals surface area contributed by atoms with Crippen molar-refractivity contribution in [3.63, 3.8) is 0 Å². The van der Waals surface area contributed by atoms with E-state index < -0.39 is 16.6 Å². The van der Waals surface area contributed by atoms with Crippen LogP contribution in [0.4, 0.5) is 13.2 Å². The van der Waals surface area contributed by atoms with Gasteiger partial charge >= 0.3 is 6.55 Å². The zero-order valence-electron chi connectivity index (χ0n) is 21.3. The van der Waals surface area contributed by atoms with Gasteiger partial charge in [0, 0.05) is 37.6 Å². The summed E-state index contributed by atoms with van der Waals surface area (Å²) < 4.78 is 69.7. The summed E-state index contributed by atoms with van der Waals surface area (Å²) in [6, 6.07) is 9.89. The Morgan fingerprint density at radius 1 is 1.05 bits per heavy atom. The third-order valence-electron chi connectivity index (χ3n) is 6.86. The van der Waals surface area contributed by atoms with Gasteiger partial charge < -0.3 is 0 Å². The van der Waals surface area contributed by atoms with Crippen molar-refractivity contribution in [1.82, 2.24) is 28.8 Å². The van der Waals surface area contributed by atoms with Crippen LogP contribution in [0.15, 0.2) is 59.9 Å². The highest BCUT2D eigenvalue weighted by Crippen LogP contribution is 2.34. The molecule has 0 N–H and O–H groups in total. The zero-order chi connectivity index (χ0) is 27.2. The number of sulfonamides is 1. The molecular formula is C26H29F3N6O2S. The van der Waals surface area contributed by atoms with Crippen LogP contribution in [0.25, 0.3) is 16.6 Å². The fraction of sp³-hybridized carbons (Fsp3) is 0.385. The summed E-state index contributed by atoms with van der Waals surface area (Å²) in [4.78, 5) is 2.03. The van der Waals surface area contributed by atoms with E-state index in [0.29, 0.717) is 17.1 Å². The molecule has 0 bridgehead atoms. The summed E-state index contributed by atoms with van der Waals surface area (Å²) in [5, 5.41) is 8.89. The second-order valence-electron chi connectivity index (χ2n) is 10.0. The number of piperazine rings is 1. The van der Waals surface area contributed by atoms with E-state index in [2.05, 4.69) is 28.9 Å². The topological polar surface area (TPSA) is 76.3 Å². The van der Waals surface area contributed by atoms with E-state index in [1.54, 1.807) is 23.0 Å². The van der Waals surface area contributed by atoms with E-state index in [4.69, 9.17) is 0 Å². The number of benzene rings is 2. The van der Waals surface area contributed by atoms with Crippen LogP contribution >= 0.6 is 0 Å². The van der Waals surface area contributed by atoms with E-state index in [9.17, 15) is 21.6 Å². The minimum atomic E-state index is -4.02. The summed E-state index contributed by atoms with van der Waals surface area (Å²) in [7, 11) is -4.02. The lowest BCUT2D eigenvalue weighted by Gasteiger charge is -2.42. The van der Waals surface area contributed by atoms with Crippen LogP contribution in [0.2, 0.25) is 0 Å². The number of aryl methyl sites for hydroxylation is 1. The number of nitrogens with zero attached hydrogens (tertiary/aromatic N) is 6. The number of alkyl halides is 2. The first-order valence-electron chi connectivity index (χ1n) is 12.4. The maximum atomic E-state index is 13.4. The van der Waals surface area contributed by atoms with Gasteiger partial charge in [0.05, 0.1) is 29.8 Å². The molecule has 0 aliphatic carbocycles. The van der Waals surface area contributed by atoms with Crippen LogP contribution in [0, 0.1) is 18.7 Å². The van der Waals surface area contributed by atoms with Crippen LogP contribution in [-0.2, 0) is 10.0 Å². The monoisotopic (exact) mass is 546 g/mol. The fourth-order valence-electron chi connectivity index (χ4n) is 5.05. The van der Waals surface area contributed by atoms with E-state index >= 15 is 0 Å². The van der Waals surface area contributed by atoms with E-state index in [0.717, 1.165) is 46.7 Å². The smallest absolute Gasteiger partial charge is 0.293 e. The Labute approximate surface area is 219 Å². The fourth-order valence-corrected chi connectivity index (χ4v) is 6.43. The van der Waals surface area contributed by atoms with Crippen molar-refractivity contribution in [3.8, 4) is 5.69 Å².